The highest BCUT2D eigenvalue weighted by Crippen LogP contribution is 2.20. The van der Waals surface area contributed by atoms with Gasteiger partial charge >= 0.3 is 0 Å². The molecule has 0 saturated carbocycles. The lowest BCUT2D eigenvalue weighted by molar-refractivity contribution is 0.0880. The van der Waals surface area contributed by atoms with Crippen molar-refractivity contribution >= 4 is 0 Å². The second kappa shape index (κ2) is 4.07. The molecule has 1 unspecified atom stereocenters. The Morgan fingerprint density at radius 2 is 2.50 bits per heavy atom. The summed E-state index contributed by atoms with van der Waals surface area (Å²) in [5.74, 6) is 0. The van der Waals surface area contributed by atoms with E-state index in [0.717, 1.165) is 13.1 Å². The van der Waals surface area contributed by atoms with Gasteiger partial charge in [-0.2, -0.15) is 0 Å². The summed E-state index contributed by atoms with van der Waals surface area (Å²) < 4.78 is 0. The number of aryl methyl sites for hydroxylation is 1. The molecule has 1 aliphatic rings. The second-order valence-corrected chi connectivity index (χ2v) is 3.95. The van der Waals surface area contributed by atoms with Gasteiger partial charge in [-0.05, 0) is 30.5 Å². The average Bonchev–Trinajstić information content (AvgIpc) is 2.15. The standard InChI is InChI=1S/C11H17N3/c1-9-7-13-4-2-10(9)8-14-5-3-11(14)6-12/h2,4,7,11H,3,5-6,8,12H2,1H3. The van der Waals surface area contributed by atoms with Crippen molar-refractivity contribution in [3.63, 3.8) is 0 Å². The Morgan fingerprint density at radius 3 is 3.07 bits per heavy atom. The molecule has 1 aromatic heterocycles. The largest absolute Gasteiger partial charge is 0.329 e. The Balaban J connectivity index is 2.01. The van der Waals surface area contributed by atoms with Crippen LogP contribution in [-0.4, -0.2) is 29.0 Å². The normalized spacial score (nSPS) is 22.0. The zero-order chi connectivity index (χ0) is 9.97. The fourth-order valence-electron chi connectivity index (χ4n) is 1.87. The fourth-order valence-corrected chi connectivity index (χ4v) is 1.87. The third kappa shape index (κ3) is 1.79. The molecule has 2 heterocycles. The summed E-state index contributed by atoms with van der Waals surface area (Å²) in [4.78, 5) is 6.52. The number of nitrogens with zero attached hydrogens (tertiary/aromatic N) is 2. The van der Waals surface area contributed by atoms with Gasteiger partial charge in [0.05, 0.1) is 0 Å². The van der Waals surface area contributed by atoms with E-state index >= 15 is 0 Å². The van der Waals surface area contributed by atoms with Gasteiger partial charge in [-0.1, -0.05) is 0 Å². The van der Waals surface area contributed by atoms with Crippen LogP contribution in [0.25, 0.3) is 0 Å². The van der Waals surface area contributed by atoms with E-state index < -0.39 is 0 Å². The third-order valence-corrected chi connectivity index (χ3v) is 3.05. The van der Waals surface area contributed by atoms with Crippen molar-refractivity contribution in [1.29, 1.82) is 0 Å². The molecule has 0 aromatic carbocycles. The zero-order valence-electron chi connectivity index (χ0n) is 8.61. The minimum Gasteiger partial charge on any atom is -0.329 e. The van der Waals surface area contributed by atoms with Gasteiger partial charge in [0, 0.05) is 38.1 Å². The number of likely N-dealkylation sites (tertiary alicyclic amines) is 1. The molecule has 2 rings (SSSR count). The molecule has 0 bridgehead atoms. The highest BCUT2D eigenvalue weighted by molar-refractivity contribution is 5.21. The van der Waals surface area contributed by atoms with Crippen molar-refractivity contribution in [3.8, 4) is 0 Å². The first-order valence-electron chi connectivity index (χ1n) is 5.15. The summed E-state index contributed by atoms with van der Waals surface area (Å²) in [6.07, 6.45) is 5.03. The van der Waals surface area contributed by atoms with Crippen molar-refractivity contribution in [2.24, 2.45) is 5.73 Å². The molecule has 0 spiro atoms. The van der Waals surface area contributed by atoms with E-state index in [1.165, 1.54) is 24.1 Å². The molecule has 1 atom stereocenters. The molecule has 0 amide bonds. The highest BCUT2D eigenvalue weighted by Gasteiger charge is 2.26. The number of pyridine rings is 1. The Hall–Kier alpha value is -0.930. The fraction of sp³-hybridized carbons (Fsp3) is 0.545. The minimum atomic E-state index is 0.600. The first kappa shape index (κ1) is 9.62. The predicted octanol–water partition coefficient (Wildman–Crippen LogP) is 0.923. The van der Waals surface area contributed by atoms with Crippen LogP contribution in [0, 0.1) is 6.92 Å². The molecule has 76 valence electrons. The van der Waals surface area contributed by atoms with Crippen molar-refractivity contribution in [3.05, 3.63) is 29.6 Å². The van der Waals surface area contributed by atoms with Gasteiger partial charge in [0.25, 0.3) is 0 Å². The minimum absolute atomic E-state index is 0.600. The van der Waals surface area contributed by atoms with E-state index in [2.05, 4.69) is 22.9 Å². The maximum Gasteiger partial charge on any atom is 0.0300 e. The first-order valence-corrected chi connectivity index (χ1v) is 5.15. The number of rotatable bonds is 3. The molecular weight excluding hydrogens is 174 g/mol. The molecule has 2 N–H and O–H groups in total. The molecule has 0 aliphatic carbocycles. The SMILES string of the molecule is Cc1cnccc1CN1CCC1CN. The van der Waals surface area contributed by atoms with Crippen LogP contribution in [0.5, 0.6) is 0 Å². The summed E-state index contributed by atoms with van der Waals surface area (Å²) in [5, 5.41) is 0. The van der Waals surface area contributed by atoms with Crippen LogP contribution in [-0.2, 0) is 6.54 Å². The molecule has 1 aliphatic heterocycles. The van der Waals surface area contributed by atoms with E-state index in [1.807, 2.05) is 12.4 Å². The van der Waals surface area contributed by atoms with Crippen LogP contribution in [0.4, 0.5) is 0 Å². The molecule has 3 heteroatoms. The average molecular weight is 191 g/mol. The maximum absolute atomic E-state index is 5.66. The van der Waals surface area contributed by atoms with Gasteiger partial charge in [0.2, 0.25) is 0 Å². The van der Waals surface area contributed by atoms with Crippen LogP contribution in [0.1, 0.15) is 17.5 Å². The van der Waals surface area contributed by atoms with E-state index in [0.29, 0.717) is 6.04 Å². The Kier molecular flexibility index (Phi) is 2.79. The Morgan fingerprint density at radius 1 is 1.64 bits per heavy atom. The van der Waals surface area contributed by atoms with Gasteiger partial charge in [-0.25, -0.2) is 0 Å². The number of aromatic nitrogens is 1. The van der Waals surface area contributed by atoms with E-state index in [1.54, 1.807) is 0 Å². The maximum atomic E-state index is 5.66. The predicted molar refractivity (Wildman–Crippen MR) is 56.8 cm³/mol. The van der Waals surface area contributed by atoms with E-state index in [4.69, 9.17) is 5.73 Å². The number of hydrogen-bond acceptors (Lipinski definition) is 3. The number of nitrogens with two attached hydrogens (primary N) is 1. The monoisotopic (exact) mass is 191 g/mol. The molecule has 1 saturated heterocycles. The second-order valence-electron chi connectivity index (χ2n) is 3.95. The molecule has 14 heavy (non-hydrogen) atoms. The summed E-state index contributed by atoms with van der Waals surface area (Å²) in [5.41, 5.74) is 8.31. The van der Waals surface area contributed by atoms with Crippen molar-refractivity contribution in [2.45, 2.75) is 25.9 Å². The summed E-state index contributed by atoms with van der Waals surface area (Å²) in [7, 11) is 0. The highest BCUT2D eigenvalue weighted by atomic mass is 15.2. The summed E-state index contributed by atoms with van der Waals surface area (Å²) >= 11 is 0. The van der Waals surface area contributed by atoms with Gasteiger partial charge in [-0.3, -0.25) is 9.88 Å². The molecule has 0 radical (unpaired) electrons. The summed E-state index contributed by atoms with van der Waals surface area (Å²) in [6, 6.07) is 2.70. The van der Waals surface area contributed by atoms with Gasteiger partial charge in [-0.15, -0.1) is 0 Å². The van der Waals surface area contributed by atoms with Gasteiger partial charge in [0.15, 0.2) is 0 Å². The molecule has 1 aromatic rings. The molecule has 3 nitrogen and oxygen atoms in total. The van der Waals surface area contributed by atoms with Crippen molar-refractivity contribution < 1.29 is 0 Å². The first-order chi connectivity index (χ1) is 6.81. The lowest BCUT2D eigenvalue weighted by atomic mass is 10.0. The lowest BCUT2D eigenvalue weighted by Crippen LogP contribution is -2.50. The van der Waals surface area contributed by atoms with Crippen molar-refractivity contribution in [1.82, 2.24) is 9.88 Å². The van der Waals surface area contributed by atoms with Crippen molar-refractivity contribution in [2.75, 3.05) is 13.1 Å². The van der Waals surface area contributed by atoms with E-state index in [-0.39, 0.29) is 0 Å². The van der Waals surface area contributed by atoms with Crippen LogP contribution in [0.2, 0.25) is 0 Å². The zero-order valence-corrected chi connectivity index (χ0v) is 8.61. The van der Waals surface area contributed by atoms with Crippen LogP contribution in [0.3, 0.4) is 0 Å². The third-order valence-electron chi connectivity index (χ3n) is 3.05. The summed E-state index contributed by atoms with van der Waals surface area (Å²) in [6.45, 7) is 5.10. The van der Waals surface area contributed by atoms with Crippen LogP contribution >= 0.6 is 0 Å². The molecule has 1 fully saturated rings. The van der Waals surface area contributed by atoms with Crippen LogP contribution < -0.4 is 5.73 Å². The topological polar surface area (TPSA) is 42.2 Å². The molecular formula is C11H17N3. The van der Waals surface area contributed by atoms with E-state index in [9.17, 15) is 0 Å². The number of hydrogen-bond donors (Lipinski definition) is 1. The Labute approximate surface area is 84.9 Å². The Bertz CT molecular complexity index is 309. The quantitative estimate of drug-likeness (QED) is 0.772. The van der Waals surface area contributed by atoms with Crippen LogP contribution in [0.15, 0.2) is 18.5 Å². The van der Waals surface area contributed by atoms with Gasteiger partial charge in [0.1, 0.15) is 0 Å². The lowest BCUT2D eigenvalue weighted by Gasteiger charge is -2.40. The smallest absolute Gasteiger partial charge is 0.0300 e. The van der Waals surface area contributed by atoms with Gasteiger partial charge < -0.3 is 5.73 Å².